The smallest absolute Gasteiger partial charge is 0.270 e. The second kappa shape index (κ2) is 7.92. The molecule has 0 aromatic heterocycles. The molecule has 0 spiro atoms. The third-order valence-corrected chi connectivity index (χ3v) is 4.48. The first kappa shape index (κ1) is 17.1. The minimum atomic E-state index is -0.378. The fourth-order valence-corrected chi connectivity index (χ4v) is 3.12. The van der Waals surface area contributed by atoms with Crippen molar-refractivity contribution in [1.29, 1.82) is 0 Å². The molecule has 2 aliphatic rings. The number of nitrogens with zero attached hydrogens (tertiary/aromatic N) is 2. The first-order chi connectivity index (χ1) is 11.7. The summed E-state index contributed by atoms with van der Waals surface area (Å²) in [6.45, 7) is 6.47. The number of hydrogen-bond donors (Lipinski definition) is 1. The van der Waals surface area contributed by atoms with Crippen LogP contribution in [-0.4, -0.2) is 54.8 Å². The predicted octanol–water partition coefficient (Wildman–Crippen LogP) is 1.95. The Bertz CT molecular complexity index is 577. The molecule has 7 heteroatoms. The Labute approximate surface area is 142 Å². The fourth-order valence-electron chi connectivity index (χ4n) is 3.12. The van der Waals surface area contributed by atoms with Gasteiger partial charge < -0.3 is 14.8 Å². The number of non-ortho nitro benzene ring substituents is 1. The van der Waals surface area contributed by atoms with Crippen molar-refractivity contribution in [2.75, 3.05) is 32.8 Å². The average molecular weight is 335 g/mol. The van der Waals surface area contributed by atoms with Crippen LogP contribution in [0.15, 0.2) is 18.2 Å². The Morgan fingerprint density at radius 2 is 2.29 bits per heavy atom. The summed E-state index contributed by atoms with van der Waals surface area (Å²) in [6.07, 6.45) is 2.80. The number of nitro benzene ring substituents is 1. The average Bonchev–Trinajstić information content (AvgIpc) is 3.41. The van der Waals surface area contributed by atoms with Crippen molar-refractivity contribution in [2.24, 2.45) is 0 Å². The summed E-state index contributed by atoms with van der Waals surface area (Å²) in [4.78, 5) is 13.1. The lowest BCUT2D eigenvalue weighted by Crippen LogP contribution is -2.47. The zero-order valence-electron chi connectivity index (χ0n) is 14.1. The minimum absolute atomic E-state index is 0.0871. The quantitative estimate of drug-likeness (QED) is 0.578. The van der Waals surface area contributed by atoms with Gasteiger partial charge in [-0.05, 0) is 25.8 Å². The zero-order chi connectivity index (χ0) is 16.9. The maximum atomic E-state index is 11.0. The van der Waals surface area contributed by atoms with Crippen molar-refractivity contribution in [3.8, 4) is 5.75 Å². The number of nitro groups is 1. The van der Waals surface area contributed by atoms with Crippen LogP contribution in [-0.2, 0) is 11.3 Å². The van der Waals surface area contributed by atoms with E-state index in [4.69, 9.17) is 9.47 Å². The minimum Gasteiger partial charge on any atom is -0.494 e. The Morgan fingerprint density at radius 3 is 3.00 bits per heavy atom. The molecule has 0 amide bonds. The summed E-state index contributed by atoms with van der Waals surface area (Å²) in [5, 5.41) is 14.3. The van der Waals surface area contributed by atoms with E-state index in [9.17, 15) is 10.1 Å². The van der Waals surface area contributed by atoms with Gasteiger partial charge in [-0.1, -0.05) is 0 Å². The molecule has 1 saturated heterocycles. The van der Waals surface area contributed by atoms with Gasteiger partial charge in [-0.3, -0.25) is 15.0 Å². The molecule has 1 heterocycles. The molecule has 1 aromatic carbocycles. The van der Waals surface area contributed by atoms with Crippen molar-refractivity contribution in [3.05, 3.63) is 33.9 Å². The van der Waals surface area contributed by atoms with E-state index in [1.54, 1.807) is 12.1 Å². The summed E-state index contributed by atoms with van der Waals surface area (Å²) in [6, 6.07) is 5.49. The zero-order valence-corrected chi connectivity index (χ0v) is 14.1. The second-order valence-electron chi connectivity index (χ2n) is 6.33. The summed E-state index contributed by atoms with van der Waals surface area (Å²) in [5.74, 6) is 0.694. The molecule has 1 aromatic rings. The highest BCUT2D eigenvalue weighted by atomic mass is 16.6. The van der Waals surface area contributed by atoms with Crippen molar-refractivity contribution in [1.82, 2.24) is 10.2 Å². The van der Waals surface area contributed by atoms with E-state index in [2.05, 4.69) is 10.2 Å². The fraction of sp³-hybridized carbons (Fsp3) is 0.647. The lowest BCUT2D eigenvalue weighted by Gasteiger charge is -2.33. The molecule has 132 valence electrons. The van der Waals surface area contributed by atoms with E-state index in [0.29, 0.717) is 18.9 Å². The first-order valence-electron chi connectivity index (χ1n) is 8.64. The molecule has 2 fully saturated rings. The van der Waals surface area contributed by atoms with Gasteiger partial charge in [0, 0.05) is 49.9 Å². The third-order valence-electron chi connectivity index (χ3n) is 4.48. The molecule has 0 radical (unpaired) electrons. The van der Waals surface area contributed by atoms with E-state index in [-0.39, 0.29) is 16.7 Å². The highest BCUT2D eigenvalue weighted by Gasteiger charge is 2.32. The Morgan fingerprint density at radius 1 is 1.46 bits per heavy atom. The Hall–Kier alpha value is -1.70. The van der Waals surface area contributed by atoms with Gasteiger partial charge >= 0.3 is 0 Å². The number of ether oxygens (including phenoxy) is 2. The van der Waals surface area contributed by atoms with Crippen LogP contribution in [0.1, 0.15) is 25.3 Å². The molecule has 3 rings (SSSR count). The van der Waals surface area contributed by atoms with Gasteiger partial charge in [0.25, 0.3) is 5.69 Å². The molecule has 0 bridgehead atoms. The monoisotopic (exact) mass is 335 g/mol. The summed E-state index contributed by atoms with van der Waals surface area (Å²) < 4.78 is 11.4. The van der Waals surface area contributed by atoms with Crippen molar-refractivity contribution >= 4 is 5.69 Å². The third kappa shape index (κ3) is 4.43. The van der Waals surface area contributed by atoms with E-state index in [0.717, 1.165) is 37.8 Å². The van der Waals surface area contributed by atoms with Gasteiger partial charge in [-0.15, -0.1) is 0 Å². The van der Waals surface area contributed by atoms with E-state index in [1.807, 2.05) is 6.92 Å². The molecular formula is C17H25N3O4. The van der Waals surface area contributed by atoms with Crippen LogP contribution in [0.4, 0.5) is 5.69 Å². The molecule has 1 aliphatic heterocycles. The van der Waals surface area contributed by atoms with Gasteiger partial charge in [0.2, 0.25) is 0 Å². The highest BCUT2D eigenvalue weighted by molar-refractivity contribution is 5.43. The Balaban J connectivity index is 1.54. The lowest BCUT2D eigenvalue weighted by atomic mass is 10.1. The first-order valence-corrected chi connectivity index (χ1v) is 8.64. The summed E-state index contributed by atoms with van der Waals surface area (Å²) in [7, 11) is 0. The summed E-state index contributed by atoms with van der Waals surface area (Å²) in [5.41, 5.74) is 0.894. The lowest BCUT2D eigenvalue weighted by molar-refractivity contribution is -0.384. The highest BCUT2D eigenvalue weighted by Crippen LogP contribution is 2.28. The molecule has 7 nitrogen and oxygen atoms in total. The SMILES string of the molecule is CCOc1ccc([N+](=O)[O-])cc1CNCC1CN(C2CC2)CCO1. The molecule has 1 saturated carbocycles. The van der Waals surface area contributed by atoms with Crippen molar-refractivity contribution in [3.63, 3.8) is 0 Å². The van der Waals surface area contributed by atoms with Crippen LogP contribution >= 0.6 is 0 Å². The van der Waals surface area contributed by atoms with Gasteiger partial charge in [0.15, 0.2) is 0 Å². The predicted molar refractivity (Wildman–Crippen MR) is 90.3 cm³/mol. The summed E-state index contributed by atoms with van der Waals surface area (Å²) >= 11 is 0. The number of hydrogen-bond acceptors (Lipinski definition) is 6. The van der Waals surface area contributed by atoms with E-state index in [1.165, 1.54) is 18.9 Å². The van der Waals surface area contributed by atoms with Crippen molar-refractivity contribution in [2.45, 2.75) is 38.5 Å². The number of morpholine rings is 1. The number of nitrogens with one attached hydrogen (secondary N) is 1. The normalized spacial score (nSPS) is 21.6. The topological polar surface area (TPSA) is 76.9 Å². The van der Waals surface area contributed by atoms with Gasteiger partial charge in [-0.25, -0.2) is 0 Å². The van der Waals surface area contributed by atoms with Crippen LogP contribution in [0, 0.1) is 10.1 Å². The van der Waals surface area contributed by atoms with Crippen LogP contribution < -0.4 is 10.1 Å². The molecule has 1 atom stereocenters. The van der Waals surface area contributed by atoms with Crippen LogP contribution in [0.2, 0.25) is 0 Å². The van der Waals surface area contributed by atoms with E-state index < -0.39 is 0 Å². The molecule has 1 aliphatic carbocycles. The molecule has 24 heavy (non-hydrogen) atoms. The number of rotatable bonds is 8. The molecule has 1 unspecified atom stereocenters. The van der Waals surface area contributed by atoms with Gasteiger partial charge in [0.05, 0.1) is 24.2 Å². The molecule has 1 N–H and O–H groups in total. The Kier molecular flexibility index (Phi) is 5.65. The standard InChI is InChI=1S/C17H25N3O4/c1-2-23-17-6-5-15(20(21)22)9-13(17)10-18-11-16-12-19(7-8-24-16)14-3-4-14/h5-6,9,14,16,18H,2-4,7-8,10-12H2,1H3. The largest absolute Gasteiger partial charge is 0.494 e. The van der Waals surface area contributed by atoms with Gasteiger partial charge in [0.1, 0.15) is 5.75 Å². The van der Waals surface area contributed by atoms with Crippen LogP contribution in [0.25, 0.3) is 0 Å². The van der Waals surface area contributed by atoms with Crippen LogP contribution in [0.3, 0.4) is 0 Å². The van der Waals surface area contributed by atoms with E-state index >= 15 is 0 Å². The second-order valence-corrected chi connectivity index (χ2v) is 6.33. The number of benzene rings is 1. The maximum absolute atomic E-state index is 11.0. The maximum Gasteiger partial charge on any atom is 0.270 e. The van der Waals surface area contributed by atoms with Crippen molar-refractivity contribution < 1.29 is 14.4 Å². The molecular weight excluding hydrogens is 310 g/mol. The van der Waals surface area contributed by atoms with Crippen LogP contribution in [0.5, 0.6) is 5.75 Å². The van der Waals surface area contributed by atoms with Gasteiger partial charge in [-0.2, -0.15) is 0 Å².